The summed E-state index contributed by atoms with van der Waals surface area (Å²) in [5, 5.41) is 0. The normalized spacial score (nSPS) is 23.7. The summed E-state index contributed by atoms with van der Waals surface area (Å²) in [5.41, 5.74) is 0.449. The molecule has 0 aromatic rings. The Hall–Kier alpha value is -0.160. The van der Waals surface area contributed by atoms with E-state index >= 15 is 0 Å². The minimum atomic E-state index is 0.387. The fourth-order valence-corrected chi connectivity index (χ4v) is 4.23. The lowest BCUT2D eigenvalue weighted by Crippen LogP contribution is -2.43. The molecule has 0 spiro atoms. The van der Waals surface area contributed by atoms with E-state index in [-0.39, 0.29) is 0 Å². The van der Waals surface area contributed by atoms with Crippen molar-refractivity contribution in [3.63, 3.8) is 0 Å². The van der Waals surface area contributed by atoms with E-state index in [0.717, 1.165) is 19.8 Å². The molecule has 3 aliphatic heterocycles. The van der Waals surface area contributed by atoms with Gasteiger partial charge in [-0.3, -0.25) is 4.90 Å². The number of ether oxygens (including phenoxy) is 2. The van der Waals surface area contributed by atoms with Crippen LogP contribution in [-0.2, 0) is 9.47 Å². The fourth-order valence-electron chi connectivity index (χ4n) is 4.23. The highest BCUT2D eigenvalue weighted by Crippen LogP contribution is 2.38. The molecule has 4 heteroatoms. The van der Waals surface area contributed by atoms with Gasteiger partial charge in [0, 0.05) is 18.2 Å². The van der Waals surface area contributed by atoms with Gasteiger partial charge in [-0.1, -0.05) is 27.7 Å². The number of likely N-dealkylation sites (tertiary alicyclic amines) is 1. The van der Waals surface area contributed by atoms with Crippen molar-refractivity contribution in [3.05, 3.63) is 0 Å². The molecule has 4 nitrogen and oxygen atoms in total. The number of rotatable bonds is 6. The molecule has 1 unspecified atom stereocenters. The van der Waals surface area contributed by atoms with Crippen LogP contribution < -0.4 is 0 Å². The van der Waals surface area contributed by atoms with Crippen LogP contribution in [0.25, 0.3) is 0 Å². The Kier molecular flexibility index (Phi) is 15.6. The molecule has 3 saturated heterocycles. The van der Waals surface area contributed by atoms with Crippen LogP contribution in [0.1, 0.15) is 87.0 Å². The summed E-state index contributed by atoms with van der Waals surface area (Å²) in [4.78, 5) is 5.03. The Balaban J connectivity index is 0.000000434. The molecule has 0 aromatic carbocycles. The first-order valence-corrected chi connectivity index (χ1v) is 11.7. The van der Waals surface area contributed by atoms with Crippen molar-refractivity contribution in [1.82, 2.24) is 9.80 Å². The van der Waals surface area contributed by atoms with Crippen molar-refractivity contribution in [2.75, 3.05) is 46.5 Å². The Bertz CT molecular complexity index is 326. The van der Waals surface area contributed by atoms with Gasteiger partial charge in [-0.2, -0.15) is 0 Å². The van der Waals surface area contributed by atoms with Gasteiger partial charge in [0.05, 0.1) is 19.3 Å². The maximum Gasteiger partial charge on any atom is 0.0653 e. The molecule has 164 valence electrons. The van der Waals surface area contributed by atoms with Gasteiger partial charge in [-0.15, -0.1) is 0 Å². The second-order valence-corrected chi connectivity index (χ2v) is 7.71. The summed E-state index contributed by atoms with van der Waals surface area (Å²) in [6.45, 7) is 20.9. The van der Waals surface area contributed by atoms with E-state index in [1.165, 1.54) is 58.2 Å². The Labute approximate surface area is 171 Å². The zero-order valence-corrected chi connectivity index (χ0v) is 19.9. The maximum atomic E-state index is 5.79. The topological polar surface area (TPSA) is 24.9 Å². The van der Waals surface area contributed by atoms with E-state index in [0.29, 0.717) is 17.7 Å². The number of hydrogen-bond acceptors (Lipinski definition) is 4. The van der Waals surface area contributed by atoms with Crippen molar-refractivity contribution in [2.24, 2.45) is 0 Å². The number of nitrogens with zero attached hydrogens (tertiary/aromatic N) is 2. The van der Waals surface area contributed by atoms with Gasteiger partial charge in [0.1, 0.15) is 0 Å². The minimum absolute atomic E-state index is 0.387. The van der Waals surface area contributed by atoms with Gasteiger partial charge in [0.2, 0.25) is 0 Å². The quantitative estimate of drug-likeness (QED) is 0.625. The lowest BCUT2D eigenvalue weighted by Gasteiger charge is -2.32. The molecule has 3 aliphatic rings. The summed E-state index contributed by atoms with van der Waals surface area (Å²) < 4.78 is 11.1. The van der Waals surface area contributed by atoms with Gasteiger partial charge in [0.15, 0.2) is 0 Å². The average molecular weight is 387 g/mol. The lowest BCUT2D eigenvalue weighted by atomic mass is 9.95. The SMILES string of the molecule is CC.CC.CC(C)OCC12CCCN1CCC2.CCOCC1CCCN1C. The van der Waals surface area contributed by atoms with Crippen LogP contribution in [0.5, 0.6) is 0 Å². The predicted molar refractivity (Wildman–Crippen MR) is 119 cm³/mol. The standard InChI is InChI=1S/C11H21NO.C8H17NO.2C2H6/c1-10(2)13-9-11-5-3-7-12(11)8-4-6-11;1-3-10-7-8-5-4-6-9(8)2;2*1-2/h10H,3-9H2,1-2H3;8H,3-7H2,1-2H3;2*1-2H3. The van der Waals surface area contributed by atoms with E-state index in [9.17, 15) is 0 Å². The molecule has 0 amide bonds. The van der Waals surface area contributed by atoms with Crippen LogP contribution >= 0.6 is 0 Å². The lowest BCUT2D eigenvalue weighted by molar-refractivity contribution is 0.00312. The average Bonchev–Trinajstić information content (AvgIpc) is 3.38. The smallest absolute Gasteiger partial charge is 0.0653 e. The molecule has 3 fully saturated rings. The summed E-state index contributed by atoms with van der Waals surface area (Å²) in [6.07, 6.45) is 8.52. The summed E-state index contributed by atoms with van der Waals surface area (Å²) in [5.74, 6) is 0. The third-order valence-corrected chi connectivity index (χ3v) is 5.68. The van der Waals surface area contributed by atoms with Crippen molar-refractivity contribution in [2.45, 2.75) is 105 Å². The van der Waals surface area contributed by atoms with Crippen molar-refractivity contribution < 1.29 is 9.47 Å². The first kappa shape index (κ1) is 26.8. The molecule has 1 atom stereocenters. The monoisotopic (exact) mass is 386 g/mol. The van der Waals surface area contributed by atoms with Crippen molar-refractivity contribution in [3.8, 4) is 0 Å². The third kappa shape index (κ3) is 9.25. The number of hydrogen-bond donors (Lipinski definition) is 0. The molecular formula is C23H50N2O2. The van der Waals surface area contributed by atoms with Gasteiger partial charge in [0.25, 0.3) is 0 Å². The highest BCUT2D eigenvalue weighted by molar-refractivity contribution is 5.00. The van der Waals surface area contributed by atoms with Crippen LogP contribution in [0.2, 0.25) is 0 Å². The van der Waals surface area contributed by atoms with Crippen LogP contribution in [0.15, 0.2) is 0 Å². The van der Waals surface area contributed by atoms with Crippen molar-refractivity contribution in [1.29, 1.82) is 0 Å². The summed E-state index contributed by atoms with van der Waals surface area (Å²) in [6, 6.07) is 0.694. The van der Waals surface area contributed by atoms with Gasteiger partial charge in [-0.05, 0) is 86.0 Å². The largest absolute Gasteiger partial charge is 0.380 e. The Morgan fingerprint density at radius 1 is 0.963 bits per heavy atom. The highest BCUT2D eigenvalue weighted by atomic mass is 16.5. The molecule has 0 aromatic heterocycles. The van der Waals surface area contributed by atoms with Gasteiger partial charge < -0.3 is 14.4 Å². The predicted octanol–water partition coefficient (Wildman–Crippen LogP) is 5.21. The van der Waals surface area contributed by atoms with Crippen LogP contribution in [0.4, 0.5) is 0 Å². The molecule has 0 radical (unpaired) electrons. The zero-order chi connectivity index (χ0) is 20.7. The van der Waals surface area contributed by atoms with Crippen LogP contribution in [0.3, 0.4) is 0 Å². The summed E-state index contributed by atoms with van der Waals surface area (Å²) >= 11 is 0. The zero-order valence-electron chi connectivity index (χ0n) is 19.9. The second kappa shape index (κ2) is 15.7. The van der Waals surface area contributed by atoms with E-state index < -0.39 is 0 Å². The van der Waals surface area contributed by atoms with E-state index in [2.05, 4.69) is 37.6 Å². The van der Waals surface area contributed by atoms with Crippen molar-refractivity contribution >= 4 is 0 Å². The maximum absolute atomic E-state index is 5.79. The van der Waals surface area contributed by atoms with E-state index in [1.54, 1.807) is 0 Å². The first-order chi connectivity index (χ1) is 13.1. The minimum Gasteiger partial charge on any atom is -0.380 e. The molecule has 0 bridgehead atoms. The molecule has 27 heavy (non-hydrogen) atoms. The second-order valence-electron chi connectivity index (χ2n) is 7.71. The number of fused-ring (bicyclic) bond motifs is 1. The molecule has 0 aliphatic carbocycles. The van der Waals surface area contributed by atoms with Crippen LogP contribution in [0, 0.1) is 0 Å². The summed E-state index contributed by atoms with van der Waals surface area (Å²) in [7, 11) is 2.18. The fraction of sp³-hybridized carbons (Fsp3) is 1.00. The molecule has 3 rings (SSSR count). The number of likely N-dealkylation sites (N-methyl/N-ethyl adjacent to an activating group) is 1. The van der Waals surface area contributed by atoms with Gasteiger partial charge in [-0.25, -0.2) is 0 Å². The highest BCUT2D eigenvalue weighted by Gasteiger charge is 2.44. The van der Waals surface area contributed by atoms with E-state index in [1.807, 2.05) is 27.7 Å². The Morgan fingerprint density at radius 3 is 2.00 bits per heavy atom. The van der Waals surface area contributed by atoms with Gasteiger partial charge >= 0.3 is 0 Å². The molecule has 0 N–H and O–H groups in total. The van der Waals surface area contributed by atoms with E-state index in [4.69, 9.17) is 9.47 Å². The first-order valence-electron chi connectivity index (χ1n) is 11.7. The molecule has 0 saturated carbocycles. The molecular weight excluding hydrogens is 336 g/mol. The Morgan fingerprint density at radius 2 is 1.56 bits per heavy atom. The van der Waals surface area contributed by atoms with Crippen LogP contribution in [-0.4, -0.2) is 74.0 Å². The third-order valence-electron chi connectivity index (χ3n) is 5.68. The molecule has 3 heterocycles.